The molecule has 140 valence electrons. The summed E-state index contributed by atoms with van der Waals surface area (Å²) in [6.07, 6.45) is 0. The Morgan fingerprint density at radius 2 is 1.22 bits per heavy atom. The van der Waals surface area contributed by atoms with Crippen molar-refractivity contribution < 1.29 is 56.3 Å². The molecule has 1 atom stereocenters. The SMILES string of the molecule is CC(C)(F)S(=O)(=O)NS(=O)(=O)C(F)(F)C(F)(F)C(F)(F)S(=O)[O-]. The van der Waals surface area contributed by atoms with E-state index in [0.717, 1.165) is 0 Å². The van der Waals surface area contributed by atoms with Gasteiger partial charge in [-0.3, -0.25) is 4.21 Å². The summed E-state index contributed by atoms with van der Waals surface area (Å²) in [5.41, 5.74) is 0. The minimum absolute atomic E-state index is 0.127. The maximum Gasteiger partial charge on any atom is 0.428 e. The second kappa shape index (κ2) is 5.78. The van der Waals surface area contributed by atoms with E-state index in [2.05, 4.69) is 0 Å². The Bertz CT molecular complexity index is 695. The first-order valence-electron chi connectivity index (χ1n) is 4.84. The zero-order valence-corrected chi connectivity index (χ0v) is 13.3. The van der Waals surface area contributed by atoms with E-state index >= 15 is 0 Å². The summed E-state index contributed by atoms with van der Waals surface area (Å²) in [7, 11) is -13.1. The van der Waals surface area contributed by atoms with E-state index in [0.29, 0.717) is 0 Å². The molecule has 0 heterocycles. The van der Waals surface area contributed by atoms with E-state index in [9.17, 15) is 56.3 Å². The van der Waals surface area contributed by atoms with Crippen molar-refractivity contribution in [2.45, 2.75) is 35.3 Å². The zero-order valence-electron chi connectivity index (χ0n) is 10.8. The van der Waals surface area contributed by atoms with Crippen LogP contribution in [0.25, 0.3) is 0 Å². The van der Waals surface area contributed by atoms with Gasteiger partial charge in [0.25, 0.3) is 20.0 Å². The van der Waals surface area contributed by atoms with E-state index in [1.54, 1.807) is 0 Å². The quantitative estimate of drug-likeness (QED) is 0.479. The van der Waals surface area contributed by atoms with Gasteiger partial charge in [0.2, 0.25) is 5.00 Å². The van der Waals surface area contributed by atoms with Crippen LogP contribution in [0.15, 0.2) is 0 Å². The second-order valence-corrected chi connectivity index (χ2v) is 9.44. The molecule has 1 unspecified atom stereocenters. The summed E-state index contributed by atoms with van der Waals surface area (Å²) in [4.78, 5) is 0. The standard InChI is InChI=1S/C6H8F7NO6S3/c1-3(2,7)22(17,18)14-23(19,20)6(12,13)4(8,9)5(10,11)21(15)16/h14H,1-2H3,(H,15,16)/p-1. The number of hydrogen-bond acceptors (Lipinski definition) is 6. The predicted molar refractivity (Wildman–Crippen MR) is 59.9 cm³/mol. The summed E-state index contributed by atoms with van der Waals surface area (Å²) in [6.45, 7) is 0.255. The lowest BCUT2D eigenvalue weighted by molar-refractivity contribution is -0.244. The van der Waals surface area contributed by atoms with E-state index in [4.69, 9.17) is 0 Å². The maximum absolute atomic E-state index is 13.2. The van der Waals surface area contributed by atoms with Crippen LogP contribution in [-0.2, 0) is 31.1 Å². The largest absolute Gasteiger partial charge is 0.768 e. The number of rotatable bonds is 7. The van der Waals surface area contributed by atoms with Crippen LogP contribution in [0.3, 0.4) is 0 Å². The van der Waals surface area contributed by atoms with E-state index in [1.807, 2.05) is 0 Å². The smallest absolute Gasteiger partial charge is 0.428 e. The fourth-order valence-corrected chi connectivity index (χ4v) is 3.97. The Hall–Kier alpha value is -0.520. The first-order valence-corrected chi connectivity index (χ1v) is 8.88. The van der Waals surface area contributed by atoms with Crippen LogP contribution in [0.4, 0.5) is 30.7 Å². The molecule has 0 radical (unpaired) electrons. The fourth-order valence-electron chi connectivity index (χ4n) is 0.739. The molecule has 7 nitrogen and oxygen atoms in total. The number of alkyl halides is 7. The van der Waals surface area contributed by atoms with Crippen LogP contribution < -0.4 is 4.13 Å². The molecule has 1 N–H and O–H groups in total. The molecule has 0 saturated carbocycles. The van der Waals surface area contributed by atoms with Gasteiger partial charge in [0.15, 0.2) is 0 Å². The van der Waals surface area contributed by atoms with Gasteiger partial charge >= 0.3 is 16.4 Å². The number of nitrogens with one attached hydrogen (secondary N) is 1. The lowest BCUT2D eigenvalue weighted by atomic mass is 10.3. The van der Waals surface area contributed by atoms with Crippen molar-refractivity contribution in [2.75, 3.05) is 0 Å². The highest BCUT2D eigenvalue weighted by Gasteiger charge is 2.78. The van der Waals surface area contributed by atoms with Gasteiger partial charge in [0.1, 0.15) is 0 Å². The predicted octanol–water partition coefficient (Wildman–Crippen LogP) is 0.641. The molecule has 0 aromatic heterocycles. The van der Waals surface area contributed by atoms with Crippen molar-refractivity contribution >= 4 is 31.1 Å². The molecule has 0 bridgehead atoms. The molecule has 0 saturated heterocycles. The van der Waals surface area contributed by atoms with Crippen molar-refractivity contribution in [1.29, 1.82) is 0 Å². The van der Waals surface area contributed by atoms with Crippen molar-refractivity contribution in [3.05, 3.63) is 0 Å². The van der Waals surface area contributed by atoms with Crippen LogP contribution in [0.5, 0.6) is 0 Å². The van der Waals surface area contributed by atoms with E-state index < -0.39 is 52.6 Å². The van der Waals surface area contributed by atoms with E-state index in [1.165, 1.54) is 0 Å². The van der Waals surface area contributed by atoms with Crippen molar-refractivity contribution in [2.24, 2.45) is 0 Å². The normalized spacial score (nSPS) is 17.1. The Morgan fingerprint density at radius 3 is 1.48 bits per heavy atom. The van der Waals surface area contributed by atoms with Crippen LogP contribution in [0.2, 0.25) is 0 Å². The molecule has 0 aliphatic rings. The Labute approximate surface area is 127 Å². The highest BCUT2D eigenvalue weighted by molar-refractivity contribution is 8.05. The molecule has 0 aromatic rings. The molecular formula is C6H7F7NO6S3-. The summed E-state index contributed by atoms with van der Waals surface area (Å²) in [6, 6.07) is 0. The van der Waals surface area contributed by atoms with Gasteiger partial charge in [-0.15, -0.1) is 4.13 Å². The van der Waals surface area contributed by atoms with Crippen molar-refractivity contribution in [1.82, 2.24) is 4.13 Å². The molecule has 23 heavy (non-hydrogen) atoms. The lowest BCUT2D eigenvalue weighted by Gasteiger charge is -2.33. The van der Waals surface area contributed by atoms with Gasteiger partial charge in [-0.05, 0) is 13.8 Å². The third kappa shape index (κ3) is 3.62. The van der Waals surface area contributed by atoms with Gasteiger partial charge < -0.3 is 4.55 Å². The molecule has 0 aromatic carbocycles. The second-order valence-electron chi connectivity index (χ2n) is 4.30. The molecule has 0 rings (SSSR count). The van der Waals surface area contributed by atoms with Gasteiger partial charge in [0, 0.05) is 11.1 Å². The third-order valence-electron chi connectivity index (χ3n) is 2.14. The van der Waals surface area contributed by atoms with Crippen LogP contribution in [-0.4, -0.2) is 47.0 Å². The fraction of sp³-hybridized carbons (Fsp3) is 1.00. The molecule has 17 heteroatoms. The van der Waals surface area contributed by atoms with Crippen molar-refractivity contribution in [3.63, 3.8) is 0 Å². The minimum Gasteiger partial charge on any atom is -0.768 e. The summed E-state index contributed by atoms with van der Waals surface area (Å²) >= 11 is -5.20. The lowest BCUT2D eigenvalue weighted by Crippen LogP contribution is -2.62. The van der Waals surface area contributed by atoms with Gasteiger partial charge in [-0.25, -0.2) is 21.2 Å². The molecule has 0 aliphatic heterocycles. The third-order valence-corrected chi connectivity index (χ3v) is 6.78. The average molecular weight is 418 g/mol. The summed E-state index contributed by atoms with van der Waals surface area (Å²) in [5.74, 6) is -7.07. The van der Waals surface area contributed by atoms with Crippen LogP contribution >= 0.6 is 0 Å². The topological polar surface area (TPSA) is 120 Å². The van der Waals surface area contributed by atoms with Gasteiger partial charge in [-0.1, -0.05) is 0 Å². The highest BCUT2D eigenvalue weighted by atomic mass is 32.3. The van der Waals surface area contributed by atoms with Crippen molar-refractivity contribution in [3.8, 4) is 0 Å². The van der Waals surface area contributed by atoms with Gasteiger partial charge in [0.05, 0.1) is 0 Å². The molecule has 0 amide bonds. The van der Waals surface area contributed by atoms with Crippen LogP contribution in [0.1, 0.15) is 13.8 Å². The number of hydrogen-bond donors (Lipinski definition) is 1. The summed E-state index contributed by atoms with van der Waals surface area (Å²) in [5, 5.41) is -17.1. The summed E-state index contributed by atoms with van der Waals surface area (Å²) < 4.78 is 155. The highest BCUT2D eigenvalue weighted by Crippen LogP contribution is 2.49. The minimum atomic E-state index is -7.19. The number of sulfonamides is 2. The molecule has 0 fully saturated rings. The number of halogens is 7. The van der Waals surface area contributed by atoms with Gasteiger partial charge in [-0.2, -0.15) is 26.3 Å². The molecular weight excluding hydrogens is 411 g/mol. The zero-order chi connectivity index (χ0) is 19.3. The first-order chi connectivity index (χ1) is 9.65. The Kier molecular flexibility index (Phi) is 5.65. The molecule has 0 aliphatic carbocycles. The van der Waals surface area contributed by atoms with Crippen LogP contribution in [0, 0.1) is 0 Å². The average Bonchev–Trinajstić information content (AvgIpc) is 2.24. The van der Waals surface area contributed by atoms with E-state index in [-0.39, 0.29) is 18.0 Å². The monoisotopic (exact) mass is 418 g/mol. The first kappa shape index (κ1) is 22.5. The Balaban J connectivity index is 6.18. The Morgan fingerprint density at radius 1 is 0.870 bits per heavy atom. The molecule has 0 spiro atoms. The maximum atomic E-state index is 13.2.